The number of aryl methyl sites for hydroxylation is 2. The molecule has 0 amide bonds. The van der Waals surface area contributed by atoms with Gasteiger partial charge in [0.05, 0.1) is 5.69 Å². The second kappa shape index (κ2) is 6.69. The Balaban J connectivity index is 1.77. The van der Waals surface area contributed by atoms with E-state index in [1.54, 1.807) is 11.3 Å². The molecule has 3 rings (SSSR count). The lowest BCUT2D eigenvalue weighted by Gasteiger charge is -2.11. The largest absolute Gasteiger partial charge is 0.487 e. The third-order valence-electron chi connectivity index (χ3n) is 4.00. The third-order valence-corrected chi connectivity index (χ3v) is 4.96. The van der Waals surface area contributed by atoms with Crippen LogP contribution in [0.25, 0.3) is 10.1 Å². The van der Waals surface area contributed by atoms with Gasteiger partial charge in [0.1, 0.15) is 18.5 Å². The lowest BCUT2D eigenvalue weighted by molar-refractivity contribution is -0.145. The average Bonchev–Trinajstić information content (AvgIpc) is 3.06. The summed E-state index contributed by atoms with van der Waals surface area (Å²) in [5.74, 6) is 0.570. The Morgan fingerprint density at radius 1 is 1.29 bits per heavy atom. The number of H-pyrrole nitrogens is 1. The molecular weight excluding hydrogens is 322 g/mol. The fourth-order valence-electron chi connectivity index (χ4n) is 2.84. The zero-order valence-corrected chi connectivity index (χ0v) is 15.1. The minimum Gasteiger partial charge on any atom is -0.487 e. The second-order valence-electron chi connectivity index (χ2n) is 6.00. The van der Waals surface area contributed by atoms with E-state index < -0.39 is 0 Å². The van der Waals surface area contributed by atoms with E-state index in [1.807, 2.05) is 37.4 Å². The number of carbonyl (C=O) groups excluding carboxylic acids is 1. The first-order valence-corrected chi connectivity index (χ1v) is 8.78. The molecule has 0 aliphatic rings. The molecule has 1 atom stereocenters. The zero-order valence-electron chi connectivity index (χ0n) is 14.3. The summed E-state index contributed by atoms with van der Waals surface area (Å²) in [6, 6.07) is 8.15. The van der Waals surface area contributed by atoms with E-state index in [0.717, 1.165) is 32.8 Å². The molecule has 0 saturated heterocycles. The van der Waals surface area contributed by atoms with Crippen LogP contribution in [-0.4, -0.2) is 11.0 Å². The number of carbonyl (C=O) groups is 1. The van der Waals surface area contributed by atoms with Gasteiger partial charge in [0.25, 0.3) is 0 Å². The second-order valence-corrected chi connectivity index (χ2v) is 6.91. The number of hydrogen-bond acceptors (Lipinski definition) is 4. The summed E-state index contributed by atoms with van der Waals surface area (Å²) < 4.78 is 12.3. The van der Waals surface area contributed by atoms with Crippen molar-refractivity contribution >= 4 is 27.4 Å². The molecule has 1 N–H and O–H groups in total. The Bertz CT molecular complexity index is 878. The van der Waals surface area contributed by atoms with Crippen molar-refractivity contribution in [1.29, 1.82) is 0 Å². The van der Waals surface area contributed by atoms with Crippen LogP contribution in [0.4, 0.5) is 0 Å². The van der Waals surface area contributed by atoms with Crippen molar-refractivity contribution in [3.63, 3.8) is 0 Å². The Labute approximate surface area is 145 Å². The van der Waals surface area contributed by atoms with Gasteiger partial charge >= 0.3 is 5.97 Å². The topological polar surface area (TPSA) is 51.3 Å². The summed E-state index contributed by atoms with van der Waals surface area (Å²) in [6.45, 7) is 7.96. The van der Waals surface area contributed by atoms with Crippen LogP contribution >= 0.6 is 11.3 Å². The molecule has 0 fully saturated rings. The molecule has 1 unspecified atom stereocenters. The first kappa shape index (κ1) is 16.6. The highest BCUT2D eigenvalue weighted by molar-refractivity contribution is 7.17. The lowest BCUT2D eigenvalue weighted by atomic mass is 10.1. The highest BCUT2D eigenvalue weighted by Gasteiger charge is 2.14. The smallest absolute Gasteiger partial charge is 0.303 e. The molecule has 2 aromatic heterocycles. The minimum absolute atomic E-state index is 0.243. The van der Waals surface area contributed by atoms with Gasteiger partial charge in [0.2, 0.25) is 0 Å². The summed E-state index contributed by atoms with van der Waals surface area (Å²) in [5.41, 5.74) is 4.49. The van der Waals surface area contributed by atoms with Crippen LogP contribution in [0.3, 0.4) is 0 Å². The molecule has 24 heavy (non-hydrogen) atoms. The quantitative estimate of drug-likeness (QED) is 0.660. The van der Waals surface area contributed by atoms with Gasteiger partial charge in [-0.05, 0) is 61.4 Å². The summed E-state index contributed by atoms with van der Waals surface area (Å²) in [5, 5.41) is 3.15. The number of aromatic amines is 1. The van der Waals surface area contributed by atoms with Crippen LogP contribution in [0.5, 0.6) is 5.75 Å². The summed E-state index contributed by atoms with van der Waals surface area (Å²) in [4.78, 5) is 14.5. The fraction of sp³-hybridized carbons (Fsp3) is 0.316. The predicted octanol–water partition coefficient (Wildman–Crippen LogP) is 5.05. The van der Waals surface area contributed by atoms with Crippen molar-refractivity contribution in [1.82, 2.24) is 4.98 Å². The van der Waals surface area contributed by atoms with Gasteiger partial charge in [-0.3, -0.25) is 4.79 Å². The van der Waals surface area contributed by atoms with Crippen molar-refractivity contribution in [3.8, 4) is 5.75 Å². The van der Waals surface area contributed by atoms with Crippen molar-refractivity contribution in [2.75, 3.05) is 0 Å². The van der Waals surface area contributed by atoms with Crippen molar-refractivity contribution in [3.05, 3.63) is 52.2 Å². The lowest BCUT2D eigenvalue weighted by Crippen LogP contribution is -2.04. The van der Waals surface area contributed by atoms with E-state index in [4.69, 9.17) is 9.47 Å². The van der Waals surface area contributed by atoms with Crippen LogP contribution in [0.1, 0.15) is 42.5 Å². The maximum atomic E-state index is 11.1. The van der Waals surface area contributed by atoms with Gasteiger partial charge in [-0.25, -0.2) is 0 Å². The van der Waals surface area contributed by atoms with Gasteiger partial charge in [-0.15, -0.1) is 11.3 Å². The molecule has 0 radical (unpaired) electrons. The van der Waals surface area contributed by atoms with E-state index in [0.29, 0.717) is 6.61 Å². The monoisotopic (exact) mass is 343 g/mol. The molecule has 0 spiro atoms. The number of ether oxygens (including phenoxy) is 2. The first-order chi connectivity index (χ1) is 11.4. The number of fused-ring (bicyclic) bond motifs is 1. The molecule has 2 heterocycles. The van der Waals surface area contributed by atoms with E-state index in [1.165, 1.54) is 12.5 Å². The molecule has 3 aromatic rings. The van der Waals surface area contributed by atoms with Gasteiger partial charge < -0.3 is 14.5 Å². The van der Waals surface area contributed by atoms with E-state index in [-0.39, 0.29) is 12.1 Å². The number of esters is 1. The van der Waals surface area contributed by atoms with Crippen LogP contribution in [0, 0.1) is 13.8 Å². The highest BCUT2D eigenvalue weighted by atomic mass is 32.1. The summed E-state index contributed by atoms with van der Waals surface area (Å²) >= 11 is 1.63. The van der Waals surface area contributed by atoms with Gasteiger partial charge in [-0.1, -0.05) is 0 Å². The molecule has 0 aliphatic carbocycles. The van der Waals surface area contributed by atoms with Crippen LogP contribution < -0.4 is 4.74 Å². The fourth-order valence-corrected chi connectivity index (χ4v) is 3.91. The number of hydrogen-bond donors (Lipinski definition) is 1. The Morgan fingerprint density at radius 2 is 2.08 bits per heavy atom. The standard InChI is InChI=1S/C19H21NO3S/c1-11-7-12(2)20-18(11)9-22-15-5-6-16-17(10-24-19(16)8-15)13(3)23-14(4)21/h5-8,10,13,20H,9H2,1-4H3. The Morgan fingerprint density at radius 3 is 2.75 bits per heavy atom. The number of benzene rings is 1. The molecule has 0 aliphatic heterocycles. The van der Waals surface area contributed by atoms with Crippen molar-refractivity contribution < 1.29 is 14.3 Å². The molecule has 1 aromatic carbocycles. The molecule has 126 valence electrons. The molecule has 4 nitrogen and oxygen atoms in total. The molecule has 0 bridgehead atoms. The summed E-state index contributed by atoms with van der Waals surface area (Å²) in [7, 11) is 0. The van der Waals surface area contributed by atoms with Gasteiger partial charge in [0.15, 0.2) is 0 Å². The third kappa shape index (κ3) is 3.46. The molecular formula is C19H21NO3S. The number of aromatic nitrogens is 1. The predicted molar refractivity (Wildman–Crippen MR) is 96.6 cm³/mol. The van der Waals surface area contributed by atoms with E-state index >= 15 is 0 Å². The Kier molecular flexibility index (Phi) is 4.62. The van der Waals surface area contributed by atoms with Crippen LogP contribution in [-0.2, 0) is 16.1 Å². The van der Waals surface area contributed by atoms with Crippen LogP contribution in [0.2, 0.25) is 0 Å². The maximum Gasteiger partial charge on any atom is 0.303 e. The van der Waals surface area contributed by atoms with E-state index in [9.17, 15) is 4.79 Å². The zero-order chi connectivity index (χ0) is 17.3. The van der Waals surface area contributed by atoms with Gasteiger partial charge in [-0.2, -0.15) is 0 Å². The van der Waals surface area contributed by atoms with E-state index in [2.05, 4.69) is 18.0 Å². The summed E-state index contributed by atoms with van der Waals surface area (Å²) in [6.07, 6.45) is -0.243. The number of nitrogens with one attached hydrogen (secondary N) is 1. The SMILES string of the molecule is CC(=O)OC(C)c1csc2cc(OCc3[nH]c(C)cc3C)ccc12. The number of rotatable bonds is 5. The molecule has 5 heteroatoms. The van der Waals surface area contributed by atoms with Crippen LogP contribution in [0.15, 0.2) is 29.6 Å². The van der Waals surface area contributed by atoms with Crippen molar-refractivity contribution in [2.24, 2.45) is 0 Å². The van der Waals surface area contributed by atoms with Gasteiger partial charge in [0, 0.05) is 22.9 Å². The molecule has 0 saturated carbocycles. The number of thiophene rings is 1. The maximum absolute atomic E-state index is 11.1. The Hall–Kier alpha value is -2.27. The van der Waals surface area contributed by atoms with Crippen molar-refractivity contribution in [2.45, 2.75) is 40.4 Å². The first-order valence-electron chi connectivity index (χ1n) is 7.90. The normalized spacial score (nSPS) is 12.3. The minimum atomic E-state index is -0.265. The average molecular weight is 343 g/mol. The highest BCUT2D eigenvalue weighted by Crippen LogP contribution is 2.34.